The van der Waals surface area contributed by atoms with E-state index < -0.39 is 0 Å². The molecule has 7 nitrogen and oxygen atoms in total. The van der Waals surface area contributed by atoms with Gasteiger partial charge in [-0.25, -0.2) is 9.37 Å². The van der Waals surface area contributed by atoms with Crippen molar-refractivity contribution in [2.24, 2.45) is 11.7 Å². The van der Waals surface area contributed by atoms with Crippen molar-refractivity contribution in [3.8, 4) is 5.75 Å². The number of nitrogens with zero attached hydrogens (tertiary/aromatic N) is 2. The number of halogens is 1. The van der Waals surface area contributed by atoms with Gasteiger partial charge in [-0.3, -0.25) is 9.78 Å². The number of hydrogen-bond donors (Lipinski definition) is 3. The van der Waals surface area contributed by atoms with Crippen molar-refractivity contribution in [1.82, 2.24) is 15.3 Å². The Balaban J connectivity index is 1.16. The summed E-state index contributed by atoms with van der Waals surface area (Å²) < 4.78 is 20.1. The quantitative estimate of drug-likeness (QED) is 0.455. The van der Waals surface area contributed by atoms with Crippen LogP contribution in [0.1, 0.15) is 36.9 Å². The standard InChI is InChI=1S/C26H30FN5O2S/c1-34-18-7-8-23-20(10-18)19(21(27)13-30-23)11-22(28)15-2-4-16(5-3-15)29-12-17-6-9-24-26(31-17)32-25(33)14-35-24/h6-10,13,15-16,22,29H,2-5,11-12,14,28H2,1H3,(H,31,32,33)/t15-,16+,22-/m0/s1. The number of benzene rings is 1. The van der Waals surface area contributed by atoms with E-state index in [0.29, 0.717) is 47.8 Å². The third-order valence-corrected chi connectivity index (χ3v) is 8.10. The lowest BCUT2D eigenvalue weighted by Gasteiger charge is -2.33. The monoisotopic (exact) mass is 495 g/mol. The second kappa shape index (κ2) is 10.5. The van der Waals surface area contributed by atoms with Gasteiger partial charge in [0.15, 0.2) is 0 Å². The van der Waals surface area contributed by atoms with Gasteiger partial charge in [-0.15, -0.1) is 11.8 Å². The van der Waals surface area contributed by atoms with Crippen molar-refractivity contribution in [3.05, 3.63) is 53.6 Å². The zero-order valence-electron chi connectivity index (χ0n) is 19.7. The summed E-state index contributed by atoms with van der Waals surface area (Å²) in [7, 11) is 1.60. The van der Waals surface area contributed by atoms with Crippen LogP contribution in [-0.4, -0.2) is 40.8 Å². The van der Waals surface area contributed by atoms with Crippen molar-refractivity contribution in [2.45, 2.75) is 55.6 Å². The number of thioether (sulfide) groups is 1. The summed E-state index contributed by atoms with van der Waals surface area (Å²) in [6.45, 7) is 0.658. The van der Waals surface area contributed by atoms with E-state index in [1.165, 1.54) is 18.0 Å². The lowest BCUT2D eigenvalue weighted by Crippen LogP contribution is -2.39. The van der Waals surface area contributed by atoms with Crippen LogP contribution < -0.4 is 21.1 Å². The Morgan fingerprint density at radius 1 is 1.26 bits per heavy atom. The lowest BCUT2D eigenvalue weighted by atomic mass is 9.79. The molecule has 3 heterocycles. The maximum absolute atomic E-state index is 14.7. The van der Waals surface area contributed by atoms with Gasteiger partial charge in [0, 0.05) is 29.6 Å². The molecule has 2 aliphatic rings. The maximum atomic E-state index is 14.7. The Bertz CT molecular complexity index is 1230. The summed E-state index contributed by atoms with van der Waals surface area (Å²) >= 11 is 1.52. The van der Waals surface area contributed by atoms with Crippen molar-refractivity contribution < 1.29 is 13.9 Å². The maximum Gasteiger partial charge on any atom is 0.235 e. The van der Waals surface area contributed by atoms with Crippen molar-refractivity contribution in [1.29, 1.82) is 0 Å². The van der Waals surface area contributed by atoms with Crippen LogP contribution in [0.2, 0.25) is 0 Å². The highest BCUT2D eigenvalue weighted by Gasteiger charge is 2.27. The highest BCUT2D eigenvalue weighted by molar-refractivity contribution is 8.00. The number of amides is 1. The number of anilines is 1. The van der Waals surface area contributed by atoms with E-state index in [-0.39, 0.29) is 17.8 Å². The smallest absolute Gasteiger partial charge is 0.235 e. The third kappa shape index (κ3) is 5.42. The van der Waals surface area contributed by atoms with Gasteiger partial charge in [-0.05, 0) is 68.4 Å². The first-order valence-electron chi connectivity index (χ1n) is 12.0. The second-order valence-electron chi connectivity index (χ2n) is 9.31. The van der Waals surface area contributed by atoms with Crippen LogP contribution in [0.15, 0.2) is 41.4 Å². The molecular weight excluding hydrogens is 465 g/mol. The molecule has 0 radical (unpaired) electrons. The molecule has 1 aromatic carbocycles. The fourth-order valence-electron chi connectivity index (χ4n) is 5.04. The minimum Gasteiger partial charge on any atom is -0.497 e. The Morgan fingerprint density at radius 3 is 2.89 bits per heavy atom. The summed E-state index contributed by atoms with van der Waals surface area (Å²) in [5.74, 6) is 1.80. The van der Waals surface area contributed by atoms with Gasteiger partial charge in [-0.1, -0.05) is 0 Å². The molecule has 5 rings (SSSR count). The van der Waals surface area contributed by atoms with Gasteiger partial charge < -0.3 is 21.1 Å². The summed E-state index contributed by atoms with van der Waals surface area (Å²) in [6, 6.07) is 9.84. The lowest BCUT2D eigenvalue weighted by molar-refractivity contribution is -0.113. The van der Waals surface area contributed by atoms with E-state index in [1.807, 2.05) is 30.3 Å². The van der Waals surface area contributed by atoms with Crippen molar-refractivity contribution in [2.75, 3.05) is 18.2 Å². The topological polar surface area (TPSA) is 102 Å². The molecule has 0 spiro atoms. The molecule has 0 bridgehead atoms. The molecule has 1 amide bonds. The van der Waals surface area contributed by atoms with Crippen LogP contribution in [0.4, 0.5) is 10.2 Å². The van der Waals surface area contributed by atoms with Gasteiger partial charge in [-0.2, -0.15) is 0 Å². The molecule has 0 unspecified atom stereocenters. The number of nitrogens with two attached hydrogens (primary N) is 1. The molecule has 1 aliphatic heterocycles. The number of fused-ring (bicyclic) bond motifs is 2. The highest BCUT2D eigenvalue weighted by Crippen LogP contribution is 2.32. The summed E-state index contributed by atoms with van der Waals surface area (Å²) in [5.41, 5.74) is 8.89. The first-order valence-corrected chi connectivity index (χ1v) is 13.0. The molecule has 4 N–H and O–H groups in total. The normalized spacial score (nSPS) is 20.8. The fraction of sp³-hybridized carbons (Fsp3) is 0.423. The van der Waals surface area contributed by atoms with Crippen molar-refractivity contribution in [3.63, 3.8) is 0 Å². The minimum atomic E-state index is -0.316. The Labute approximate surface area is 208 Å². The number of methoxy groups -OCH3 is 1. The first-order chi connectivity index (χ1) is 17.0. The van der Waals surface area contributed by atoms with E-state index in [1.54, 1.807) is 7.11 Å². The molecule has 1 saturated carbocycles. The number of carbonyl (C=O) groups excluding carboxylic acids is 1. The largest absolute Gasteiger partial charge is 0.497 e. The van der Waals surface area contributed by atoms with E-state index in [2.05, 4.69) is 20.6 Å². The number of pyridine rings is 2. The third-order valence-electron chi connectivity index (χ3n) is 7.06. The molecule has 35 heavy (non-hydrogen) atoms. The summed E-state index contributed by atoms with van der Waals surface area (Å²) in [4.78, 5) is 21.5. The predicted octanol–water partition coefficient (Wildman–Crippen LogP) is 4.04. The number of nitrogens with one attached hydrogen (secondary N) is 2. The van der Waals surface area contributed by atoms with Gasteiger partial charge in [0.1, 0.15) is 17.4 Å². The molecule has 1 fully saturated rings. The minimum absolute atomic E-state index is 0.00597. The van der Waals surface area contributed by atoms with Gasteiger partial charge in [0.05, 0.1) is 35.2 Å². The zero-order valence-corrected chi connectivity index (χ0v) is 20.5. The molecule has 9 heteroatoms. The van der Waals surface area contributed by atoms with E-state index in [0.717, 1.165) is 47.2 Å². The Kier molecular flexibility index (Phi) is 7.17. The number of carbonyl (C=O) groups is 1. The molecule has 1 aliphatic carbocycles. The van der Waals surface area contributed by atoms with Crippen LogP contribution in [0.3, 0.4) is 0 Å². The molecule has 0 saturated heterocycles. The Morgan fingerprint density at radius 2 is 2.09 bits per heavy atom. The number of hydrogen-bond acceptors (Lipinski definition) is 7. The summed E-state index contributed by atoms with van der Waals surface area (Å²) in [5, 5.41) is 7.22. The van der Waals surface area contributed by atoms with Crippen molar-refractivity contribution >= 4 is 34.4 Å². The molecule has 3 aromatic rings. The molecule has 1 atom stereocenters. The van der Waals surface area contributed by atoms with E-state index in [9.17, 15) is 9.18 Å². The average Bonchev–Trinajstić information content (AvgIpc) is 2.88. The number of aromatic nitrogens is 2. The van der Waals surface area contributed by atoms with Crippen LogP contribution in [-0.2, 0) is 17.8 Å². The number of ether oxygens (including phenoxy) is 1. The molecule has 184 valence electrons. The van der Waals surface area contributed by atoms with Gasteiger partial charge in [0.2, 0.25) is 5.91 Å². The van der Waals surface area contributed by atoms with E-state index in [4.69, 9.17) is 10.5 Å². The summed E-state index contributed by atoms with van der Waals surface area (Å²) in [6.07, 6.45) is 5.79. The average molecular weight is 496 g/mol. The van der Waals surface area contributed by atoms with Crippen LogP contribution >= 0.6 is 11.8 Å². The Hall–Kier alpha value is -2.75. The van der Waals surface area contributed by atoms with Gasteiger partial charge in [0.25, 0.3) is 0 Å². The molecule has 2 aromatic heterocycles. The molecular formula is C26H30FN5O2S. The second-order valence-corrected chi connectivity index (χ2v) is 10.3. The predicted molar refractivity (Wildman–Crippen MR) is 136 cm³/mol. The van der Waals surface area contributed by atoms with Crippen LogP contribution in [0.5, 0.6) is 5.75 Å². The van der Waals surface area contributed by atoms with E-state index >= 15 is 0 Å². The fourth-order valence-corrected chi connectivity index (χ4v) is 5.80. The van der Waals surface area contributed by atoms with Crippen LogP contribution in [0, 0.1) is 11.7 Å². The number of rotatable bonds is 7. The van der Waals surface area contributed by atoms with Gasteiger partial charge >= 0.3 is 0 Å². The first kappa shape index (κ1) is 24.0. The van der Waals surface area contributed by atoms with Crippen LogP contribution in [0.25, 0.3) is 10.9 Å². The zero-order chi connectivity index (χ0) is 24.4. The highest BCUT2D eigenvalue weighted by atomic mass is 32.2. The SMILES string of the molecule is COc1ccc2ncc(F)c(C[C@H](N)[C@H]3CC[C@@H](NCc4ccc5c(n4)NC(=O)CS5)CC3)c2c1.